The van der Waals surface area contributed by atoms with Gasteiger partial charge in [0.2, 0.25) is 0 Å². The van der Waals surface area contributed by atoms with Crippen molar-refractivity contribution < 1.29 is 19.1 Å². The second kappa shape index (κ2) is 9.80. The molecule has 0 radical (unpaired) electrons. The number of hydrogen-bond donors (Lipinski definition) is 2. The molecule has 1 aliphatic carbocycles. The van der Waals surface area contributed by atoms with Crippen molar-refractivity contribution in [2.45, 2.75) is 70.6 Å². The highest BCUT2D eigenvalue weighted by molar-refractivity contribution is 5.99. The molecule has 2 aromatic carbocycles. The summed E-state index contributed by atoms with van der Waals surface area (Å²) in [6.07, 6.45) is 8.08. The van der Waals surface area contributed by atoms with Crippen molar-refractivity contribution in [1.82, 2.24) is 10.6 Å². The van der Waals surface area contributed by atoms with Crippen LogP contribution in [-0.2, 0) is 0 Å². The fourth-order valence-electron chi connectivity index (χ4n) is 5.77. The number of para-hydroxylation sites is 1. The van der Waals surface area contributed by atoms with Crippen LogP contribution in [0.2, 0.25) is 0 Å². The molecular weight excluding hydrogens is 442 g/mol. The van der Waals surface area contributed by atoms with Gasteiger partial charge in [0.15, 0.2) is 17.2 Å². The number of ether oxygens (including phenoxy) is 2. The van der Waals surface area contributed by atoms with E-state index in [1.807, 2.05) is 44.2 Å². The summed E-state index contributed by atoms with van der Waals surface area (Å²) in [6.45, 7) is 5.05. The Labute approximate surface area is 207 Å². The van der Waals surface area contributed by atoms with Gasteiger partial charge in [-0.2, -0.15) is 0 Å². The van der Waals surface area contributed by atoms with Crippen molar-refractivity contribution in [2.24, 2.45) is 5.92 Å². The lowest BCUT2D eigenvalue weighted by atomic mass is 9.87. The van der Waals surface area contributed by atoms with E-state index in [-0.39, 0.29) is 18.0 Å². The van der Waals surface area contributed by atoms with Gasteiger partial charge in [-0.05, 0) is 50.5 Å². The van der Waals surface area contributed by atoms with Gasteiger partial charge in [-0.3, -0.25) is 9.69 Å². The molecule has 7 heteroatoms. The van der Waals surface area contributed by atoms with Crippen molar-refractivity contribution in [3.63, 3.8) is 0 Å². The van der Waals surface area contributed by atoms with Gasteiger partial charge >= 0.3 is 6.03 Å². The third kappa shape index (κ3) is 4.68. The van der Waals surface area contributed by atoms with Gasteiger partial charge in [0.05, 0.1) is 18.3 Å². The zero-order valence-electron chi connectivity index (χ0n) is 20.6. The number of benzene rings is 2. The minimum Gasteiger partial charge on any atom is -0.490 e. The van der Waals surface area contributed by atoms with E-state index < -0.39 is 5.72 Å². The highest BCUT2D eigenvalue weighted by Gasteiger charge is 2.50. The Morgan fingerprint density at radius 1 is 1.20 bits per heavy atom. The number of carbonyl (C=O) groups is 2. The smallest absolute Gasteiger partial charge is 0.325 e. The van der Waals surface area contributed by atoms with Crippen LogP contribution in [0.5, 0.6) is 11.5 Å². The lowest BCUT2D eigenvalue weighted by Gasteiger charge is -2.50. The highest BCUT2D eigenvalue weighted by Crippen LogP contribution is 2.49. The molecule has 1 saturated carbocycles. The summed E-state index contributed by atoms with van der Waals surface area (Å²) in [7, 11) is 0. The van der Waals surface area contributed by atoms with Gasteiger partial charge in [-0.25, -0.2) is 4.79 Å². The summed E-state index contributed by atoms with van der Waals surface area (Å²) in [6, 6.07) is 12.6. The third-order valence-corrected chi connectivity index (χ3v) is 7.49. The van der Waals surface area contributed by atoms with Crippen molar-refractivity contribution >= 4 is 17.6 Å². The fraction of sp³-hybridized carbons (Fsp3) is 0.500. The SMILES string of the molecule is CCOc1cccc2c1O[C@]1(C)CC2NC(=O)N1c1cccc(C(=O)NCCC2CCCCC2)c1. The summed E-state index contributed by atoms with van der Waals surface area (Å²) in [4.78, 5) is 27.8. The standard InChI is InChI=1S/C28H35N3O4/c1-3-34-24-14-8-13-22-23-18-28(2,35-25(22)24)31(27(33)30-23)21-12-7-11-20(17-21)26(32)29-16-15-19-9-5-4-6-10-19/h7-8,11-14,17,19,23H,3-6,9-10,15-16,18H2,1-2H3,(H,29,32)(H,30,33)/t23?,28-/m1/s1. The number of urea groups is 1. The number of rotatable bonds is 7. The second-order valence-electron chi connectivity index (χ2n) is 10.0. The van der Waals surface area contributed by atoms with Crippen molar-refractivity contribution in [2.75, 3.05) is 18.1 Å². The van der Waals surface area contributed by atoms with E-state index in [1.54, 1.807) is 17.0 Å². The lowest BCUT2D eigenvalue weighted by Crippen LogP contribution is -2.65. The largest absolute Gasteiger partial charge is 0.490 e. The van der Waals surface area contributed by atoms with Gasteiger partial charge in [0.1, 0.15) is 0 Å². The molecule has 2 N–H and O–H groups in total. The summed E-state index contributed by atoms with van der Waals surface area (Å²) < 4.78 is 12.3. The molecule has 1 saturated heterocycles. The molecule has 7 nitrogen and oxygen atoms in total. The number of fused-ring (bicyclic) bond motifs is 4. The lowest BCUT2D eigenvalue weighted by molar-refractivity contribution is 0.0343. The Hall–Kier alpha value is -3.22. The molecular formula is C28H35N3O4. The molecule has 3 aliphatic rings. The van der Waals surface area contributed by atoms with E-state index in [2.05, 4.69) is 10.6 Å². The van der Waals surface area contributed by atoms with Crippen LogP contribution in [0.3, 0.4) is 0 Å². The average molecular weight is 478 g/mol. The van der Waals surface area contributed by atoms with Gasteiger partial charge in [0.25, 0.3) is 5.91 Å². The number of amides is 3. The number of hydrogen-bond acceptors (Lipinski definition) is 4. The average Bonchev–Trinajstić information content (AvgIpc) is 2.85. The number of anilines is 1. The normalized spacial score (nSPS) is 23.7. The third-order valence-electron chi connectivity index (χ3n) is 7.49. The van der Waals surface area contributed by atoms with Crippen LogP contribution >= 0.6 is 0 Å². The van der Waals surface area contributed by atoms with E-state index in [0.29, 0.717) is 48.2 Å². The van der Waals surface area contributed by atoms with Crippen molar-refractivity contribution in [1.29, 1.82) is 0 Å². The number of nitrogens with zero attached hydrogens (tertiary/aromatic N) is 1. The molecule has 0 spiro atoms. The predicted molar refractivity (Wildman–Crippen MR) is 135 cm³/mol. The fourth-order valence-corrected chi connectivity index (χ4v) is 5.77. The molecule has 35 heavy (non-hydrogen) atoms. The molecule has 3 amide bonds. The van der Waals surface area contributed by atoms with Gasteiger partial charge in [-0.15, -0.1) is 0 Å². The van der Waals surface area contributed by atoms with E-state index in [1.165, 1.54) is 32.1 Å². The minimum absolute atomic E-state index is 0.114. The molecule has 2 aromatic rings. The van der Waals surface area contributed by atoms with Crippen molar-refractivity contribution in [3.05, 3.63) is 53.6 Å². The zero-order valence-corrected chi connectivity index (χ0v) is 20.6. The Bertz CT molecular complexity index is 1100. The first-order chi connectivity index (χ1) is 17.0. The predicted octanol–water partition coefficient (Wildman–Crippen LogP) is 5.56. The molecule has 0 aromatic heterocycles. The molecule has 1 unspecified atom stereocenters. The molecule has 2 aliphatic heterocycles. The molecule has 186 valence electrons. The van der Waals surface area contributed by atoms with Gasteiger partial charge in [-0.1, -0.05) is 50.3 Å². The van der Waals surface area contributed by atoms with E-state index in [9.17, 15) is 9.59 Å². The summed E-state index contributed by atoms with van der Waals surface area (Å²) in [5, 5.41) is 6.19. The Kier molecular flexibility index (Phi) is 6.58. The maximum Gasteiger partial charge on any atom is 0.325 e. The van der Waals surface area contributed by atoms with Crippen LogP contribution in [0.25, 0.3) is 0 Å². The quantitative estimate of drug-likeness (QED) is 0.548. The summed E-state index contributed by atoms with van der Waals surface area (Å²) in [5.74, 6) is 1.93. The molecule has 2 heterocycles. The van der Waals surface area contributed by atoms with Gasteiger partial charge in [0, 0.05) is 24.1 Å². The summed E-state index contributed by atoms with van der Waals surface area (Å²) in [5.41, 5.74) is 1.17. The second-order valence-corrected chi connectivity index (χ2v) is 10.0. The summed E-state index contributed by atoms with van der Waals surface area (Å²) >= 11 is 0. The Balaban J connectivity index is 1.34. The molecule has 5 rings (SSSR count). The first-order valence-corrected chi connectivity index (χ1v) is 12.9. The molecule has 2 bridgehead atoms. The number of carbonyl (C=O) groups excluding carboxylic acids is 2. The maximum atomic E-state index is 13.3. The van der Waals surface area contributed by atoms with Crippen LogP contribution in [0, 0.1) is 5.92 Å². The minimum atomic E-state index is -0.913. The van der Waals surface area contributed by atoms with E-state index in [0.717, 1.165) is 12.0 Å². The Morgan fingerprint density at radius 2 is 2.00 bits per heavy atom. The van der Waals surface area contributed by atoms with E-state index in [4.69, 9.17) is 9.47 Å². The zero-order chi connectivity index (χ0) is 24.4. The first kappa shape index (κ1) is 23.5. The van der Waals surface area contributed by atoms with Crippen LogP contribution < -0.4 is 25.0 Å². The van der Waals surface area contributed by atoms with Gasteiger partial charge < -0.3 is 20.1 Å². The molecule has 2 fully saturated rings. The van der Waals surface area contributed by atoms with Crippen LogP contribution in [0.15, 0.2) is 42.5 Å². The van der Waals surface area contributed by atoms with Crippen LogP contribution in [0.4, 0.5) is 10.5 Å². The molecule has 2 atom stereocenters. The first-order valence-electron chi connectivity index (χ1n) is 12.9. The van der Waals surface area contributed by atoms with Crippen LogP contribution in [-0.4, -0.2) is 30.8 Å². The Morgan fingerprint density at radius 3 is 2.80 bits per heavy atom. The van der Waals surface area contributed by atoms with Crippen LogP contribution in [0.1, 0.15) is 80.8 Å². The number of nitrogens with one attached hydrogen (secondary N) is 2. The van der Waals surface area contributed by atoms with E-state index >= 15 is 0 Å². The monoisotopic (exact) mass is 477 g/mol. The highest BCUT2D eigenvalue weighted by atomic mass is 16.5. The topological polar surface area (TPSA) is 79.9 Å². The van der Waals surface area contributed by atoms with Crippen molar-refractivity contribution in [3.8, 4) is 11.5 Å². The maximum absolute atomic E-state index is 13.3.